The number of phenols is 1. The van der Waals surface area contributed by atoms with Crippen molar-refractivity contribution in [2.45, 2.75) is 46.2 Å². The molecular weight excluding hydrogens is 542 g/mol. The Kier molecular flexibility index (Phi) is 7.83. The summed E-state index contributed by atoms with van der Waals surface area (Å²) in [4.78, 5) is 19.8. The van der Waals surface area contributed by atoms with Crippen LogP contribution in [0.25, 0.3) is 5.69 Å². The van der Waals surface area contributed by atoms with E-state index < -0.39 is 0 Å². The van der Waals surface area contributed by atoms with Crippen molar-refractivity contribution in [1.82, 2.24) is 19.8 Å². The molecule has 1 amide bonds. The van der Waals surface area contributed by atoms with Crippen molar-refractivity contribution in [2.24, 2.45) is 0 Å². The molecule has 0 aliphatic carbocycles. The highest BCUT2D eigenvalue weighted by Gasteiger charge is 2.41. The number of amides is 1. The minimum absolute atomic E-state index is 0.0779. The van der Waals surface area contributed by atoms with Crippen molar-refractivity contribution in [3.8, 4) is 11.4 Å². The Bertz CT molecular complexity index is 1590. The first kappa shape index (κ1) is 27.7. The molecule has 3 N–H and O–H groups in total. The van der Waals surface area contributed by atoms with E-state index in [2.05, 4.69) is 26.6 Å². The van der Waals surface area contributed by atoms with Gasteiger partial charge < -0.3 is 25.2 Å². The van der Waals surface area contributed by atoms with Crippen LogP contribution < -0.4 is 10.6 Å². The van der Waals surface area contributed by atoms with Gasteiger partial charge in [-0.25, -0.2) is 0 Å². The van der Waals surface area contributed by atoms with Crippen LogP contribution in [0, 0.1) is 27.7 Å². The molecule has 1 saturated heterocycles. The zero-order valence-electron chi connectivity index (χ0n) is 22.9. The predicted molar refractivity (Wildman–Crippen MR) is 163 cm³/mol. The average Bonchev–Trinajstić information content (AvgIpc) is 3.41. The fourth-order valence-electron chi connectivity index (χ4n) is 5.42. The minimum Gasteiger partial charge on any atom is -0.506 e. The standard InChI is InChI=1S/C31H32ClN5O2S/c1-18-8-9-19(2)25(15-18)34-28(39)12-14-36-30(29(35-31(36)40)24-7-5-6-13-33-24)23-16-20(3)37(21(23)4)26-17-22(32)10-11-27(26)38/h5-11,13,15-17,29-30,38H,12,14H2,1-4H3,(H,34,39)(H,35,40)/t29-,30+/m1/s1. The number of nitrogens with one attached hydrogen (secondary N) is 2. The monoisotopic (exact) mass is 573 g/mol. The van der Waals surface area contributed by atoms with Crippen LogP contribution >= 0.6 is 23.8 Å². The van der Waals surface area contributed by atoms with Crippen molar-refractivity contribution in [2.75, 3.05) is 11.9 Å². The molecule has 0 spiro atoms. The molecule has 2 aromatic carbocycles. The molecule has 7 nitrogen and oxygen atoms in total. The number of carbonyl (C=O) groups excluding carboxylic acids is 1. The van der Waals surface area contributed by atoms with Crippen molar-refractivity contribution in [1.29, 1.82) is 0 Å². The van der Waals surface area contributed by atoms with E-state index in [-0.39, 0.29) is 30.2 Å². The van der Waals surface area contributed by atoms with Crippen molar-refractivity contribution in [3.63, 3.8) is 0 Å². The molecule has 5 rings (SSSR count). The number of benzene rings is 2. The molecule has 1 aliphatic heterocycles. The van der Waals surface area contributed by atoms with Gasteiger partial charge >= 0.3 is 0 Å². The third kappa shape index (κ3) is 5.42. The van der Waals surface area contributed by atoms with E-state index in [4.69, 9.17) is 23.8 Å². The maximum atomic E-state index is 13.1. The number of rotatable bonds is 7. The van der Waals surface area contributed by atoms with Gasteiger partial charge in [-0.05, 0) is 99.1 Å². The van der Waals surface area contributed by atoms with Gasteiger partial charge in [-0.3, -0.25) is 9.78 Å². The molecule has 40 heavy (non-hydrogen) atoms. The lowest BCUT2D eigenvalue weighted by Crippen LogP contribution is -2.33. The molecule has 0 radical (unpaired) electrons. The number of hydrogen-bond acceptors (Lipinski definition) is 4. The molecule has 1 aliphatic rings. The minimum atomic E-state index is -0.225. The van der Waals surface area contributed by atoms with E-state index in [0.29, 0.717) is 22.4 Å². The number of aromatic nitrogens is 2. The zero-order chi connectivity index (χ0) is 28.6. The van der Waals surface area contributed by atoms with Crippen LogP contribution in [0.1, 0.15) is 52.3 Å². The number of aryl methyl sites for hydroxylation is 3. The van der Waals surface area contributed by atoms with Crippen LogP contribution in [0.2, 0.25) is 5.02 Å². The summed E-state index contributed by atoms with van der Waals surface area (Å²) in [6.07, 6.45) is 2.03. The van der Waals surface area contributed by atoms with Crippen molar-refractivity contribution in [3.05, 3.63) is 106 Å². The fraction of sp³-hybridized carbons (Fsp3) is 0.258. The number of carbonyl (C=O) groups is 1. The molecule has 9 heteroatoms. The van der Waals surface area contributed by atoms with E-state index in [1.54, 1.807) is 24.4 Å². The highest BCUT2D eigenvalue weighted by molar-refractivity contribution is 7.80. The largest absolute Gasteiger partial charge is 0.506 e. The number of pyridine rings is 1. The number of aromatic hydroxyl groups is 1. The summed E-state index contributed by atoms with van der Waals surface area (Å²) in [5.74, 6) is 0.0601. The first-order valence-corrected chi connectivity index (χ1v) is 14.0. The van der Waals surface area contributed by atoms with Crippen LogP contribution in [0.4, 0.5) is 5.69 Å². The topological polar surface area (TPSA) is 82.4 Å². The lowest BCUT2D eigenvalue weighted by molar-refractivity contribution is -0.116. The SMILES string of the molecule is Cc1ccc(C)c(NC(=O)CCN2C(=S)N[C@H](c3ccccn3)[C@@H]2c2cc(C)n(-c3cc(Cl)ccc3O)c2C)c1. The second-order valence-electron chi connectivity index (χ2n) is 10.2. The van der Waals surface area contributed by atoms with E-state index in [9.17, 15) is 9.90 Å². The number of hydrogen-bond donors (Lipinski definition) is 3. The van der Waals surface area contributed by atoms with Gasteiger partial charge in [0.25, 0.3) is 0 Å². The van der Waals surface area contributed by atoms with Gasteiger partial charge in [-0.15, -0.1) is 0 Å². The van der Waals surface area contributed by atoms with Crippen molar-refractivity contribution < 1.29 is 9.90 Å². The lowest BCUT2D eigenvalue weighted by atomic mass is 9.96. The number of phenolic OH excluding ortho intramolecular Hbond substituents is 1. The summed E-state index contributed by atoms with van der Waals surface area (Å²) in [5.41, 5.74) is 7.29. The Morgan fingerprint density at radius 2 is 1.90 bits per heavy atom. The Morgan fingerprint density at radius 1 is 1.10 bits per heavy atom. The van der Waals surface area contributed by atoms with Gasteiger partial charge in [-0.1, -0.05) is 29.8 Å². The molecule has 2 aromatic heterocycles. The average molecular weight is 574 g/mol. The van der Waals surface area contributed by atoms with Gasteiger partial charge in [0.1, 0.15) is 5.75 Å². The highest BCUT2D eigenvalue weighted by Crippen LogP contribution is 2.42. The summed E-state index contributed by atoms with van der Waals surface area (Å²) in [6, 6.07) is 18.5. The summed E-state index contributed by atoms with van der Waals surface area (Å²) >= 11 is 12.1. The molecule has 0 bridgehead atoms. The first-order valence-electron chi connectivity index (χ1n) is 13.2. The quantitative estimate of drug-likeness (QED) is 0.220. The van der Waals surface area contributed by atoms with Crippen molar-refractivity contribution >= 4 is 40.5 Å². The van der Waals surface area contributed by atoms with E-state index in [1.807, 2.05) is 68.7 Å². The number of halogens is 1. The molecule has 1 fully saturated rings. The summed E-state index contributed by atoms with van der Waals surface area (Å²) in [6.45, 7) is 8.42. The normalized spacial score (nSPS) is 16.7. The molecule has 2 atom stereocenters. The lowest BCUT2D eigenvalue weighted by Gasteiger charge is -2.28. The van der Waals surface area contributed by atoms with Gasteiger partial charge in [0.2, 0.25) is 5.91 Å². The first-order chi connectivity index (χ1) is 19.1. The fourth-order valence-corrected chi connectivity index (χ4v) is 5.92. The number of nitrogens with zero attached hydrogens (tertiary/aromatic N) is 3. The molecule has 3 heterocycles. The molecule has 0 saturated carbocycles. The van der Waals surface area contributed by atoms with Crippen LogP contribution in [-0.2, 0) is 4.79 Å². The predicted octanol–water partition coefficient (Wildman–Crippen LogP) is 6.47. The summed E-state index contributed by atoms with van der Waals surface area (Å²) < 4.78 is 2.00. The smallest absolute Gasteiger partial charge is 0.226 e. The third-order valence-corrected chi connectivity index (χ3v) is 8.00. The van der Waals surface area contributed by atoms with E-state index in [1.165, 1.54) is 0 Å². The van der Waals surface area contributed by atoms with Crippen LogP contribution in [0.3, 0.4) is 0 Å². The molecule has 0 unspecified atom stereocenters. The Hall–Kier alpha value is -3.88. The Labute approximate surface area is 244 Å². The molecular formula is C31H32ClN5O2S. The van der Waals surface area contributed by atoms with Crippen LogP contribution in [-0.4, -0.2) is 37.1 Å². The Morgan fingerprint density at radius 3 is 2.65 bits per heavy atom. The maximum absolute atomic E-state index is 13.1. The van der Waals surface area contributed by atoms with Gasteiger partial charge in [0.05, 0.1) is 23.5 Å². The van der Waals surface area contributed by atoms with Gasteiger partial charge in [0.15, 0.2) is 5.11 Å². The highest BCUT2D eigenvalue weighted by atomic mass is 35.5. The number of thiocarbonyl (C=S) groups is 1. The van der Waals surface area contributed by atoms with Gasteiger partial charge in [0, 0.05) is 41.3 Å². The molecule has 4 aromatic rings. The summed E-state index contributed by atoms with van der Waals surface area (Å²) in [5, 5.41) is 18.3. The van der Waals surface area contributed by atoms with E-state index >= 15 is 0 Å². The Balaban J connectivity index is 1.49. The summed E-state index contributed by atoms with van der Waals surface area (Å²) in [7, 11) is 0. The molecule has 206 valence electrons. The number of anilines is 1. The van der Waals surface area contributed by atoms with Crippen LogP contribution in [0.15, 0.2) is 66.9 Å². The zero-order valence-corrected chi connectivity index (χ0v) is 24.5. The maximum Gasteiger partial charge on any atom is 0.226 e. The second kappa shape index (κ2) is 11.3. The third-order valence-electron chi connectivity index (χ3n) is 7.41. The van der Waals surface area contributed by atoms with Gasteiger partial charge in [-0.2, -0.15) is 0 Å². The second-order valence-corrected chi connectivity index (χ2v) is 11.1. The van der Waals surface area contributed by atoms with Crippen LogP contribution in [0.5, 0.6) is 5.75 Å². The van der Waals surface area contributed by atoms with E-state index in [0.717, 1.165) is 39.5 Å².